The molecule has 1 amide bonds. The molecule has 3 nitrogen and oxygen atoms in total. The smallest absolute Gasteiger partial charge is 0.224 e. The third-order valence-corrected chi connectivity index (χ3v) is 3.04. The van der Waals surface area contributed by atoms with Gasteiger partial charge in [0.25, 0.3) is 0 Å². The normalized spacial score (nSPS) is 21.7. The molecule has 0 atom stereocenters. The van der Waals surface area contributed by atoms with Crippen molar-refractivity contribution in [1.29, 1.82) is 0 Å². The number of halogens is 3. The van der Waals surface area contributed by atoms with Crippen molar-refractivity contribution in [2.45, 2.75) is 31.3 Å². The highest BCUT2D eigenvalue weighted by molar-refractivity contribution is 6.30. The second kappa shape index (κ2) is 6.36. The second-order valence-corrected chi connectivity index (χ2v) is 4.89. The molecule has 0 saturated heterocycles. The Balaban J connectivity index is 0.00000162. The van der Waals surface area contributed by atoms with Crippen LogP contribution < -0.4 is 11.1 Å². The van der Waals surface area contributed by atoms with E-state index in [9.17, 15) is 9.18 Å². The molecule has 0 radical (unpaired) electrons. The van der Waals surface area contributed by atoms with E-state index in [2.05, 4.69) is 5.32 Å². The lowest BCUT2D eigenvalue weighted by Gasteiger charge is -2.32. The molecule has 0 bridgehead atoms. The number of rotatable bonds is 3. The van der Waals surface area contributed by atoms with Gasteiger partial charge in [-0.1, -0.05) is 11.6 Å². The maximum atomic E-state index is 13.0. The summed E-state index contributed by atoms with van der Waals surface area (Å²) < 4.78 is 13.0. The largest absolute Gasteiger partial charge is 0.353 e. The summed E-state index contributed by atoms with van der Waals surface area (Å²) in [7, 11) is 0. The minimum absolute atomic E-state index is 0. The van der Waals surface area contributed by atoms with Crippen molar-refractivity contribution in [2.75, 3.05) is 0 Å². The van der Waals surface area contributed by atoms with E-state index in [1.165, 1.54) is 12.1 Å². The molecule has 1 fully saturated rings. The van der Waals surface area contributed by atoms with Crippen LogP contribution in [0.3, 0.4) is 0 Å². The van der Waals surface area contributed by atoms with E-state index in [4.69, 9.17) is 17.3 Å². The fraction of sp³-hybridized carbons (Fsp3) is 0.417. The van der Waals surface area contributed by atoms with E-state index in [1.807, 2.05) is 0 Å². The van der Waals surface area contributed by atoms with Crippen LogP contribution in [-0.2, 0) is 11.2 Å². The minimum Gasteiger partial charge on any atom is -0.353 e. The van der Waals surface area contributed by atoms with Gasteiger partial charge in [0.2, 0.25) is 5.91 Å². The summed E-state index contributed by atoms with van der Waals surface area (Å²) >= 11 is 5.71. The van der Waals surface area contributed by atoms with Crippen molar-refractivity contribution >= 4 is 29.9 Å². The fourth-order valence-electron chi connectivity index (χ4n) is 1.96. The molecule has 1 saturated carbocycles. The van der Waals surface area contributed by atoms with Crippen molar-refractivity contribution in [3.05, 3.63) is 34.6 Å². The first kappa shape index (κ1) is 15.2. The number of hydrogen-bond acceptors (Lipinski definition) is 2. The van der Waals surface area contributed by atoms with E-state index < -0.39 is 5.82 Å². The number of benzene rings is 1. The van der Waals surface area contributed by atoms with Crippen molar-refractivity contribution in [3.63, 3.8) is 0 Å². The van der Waals surface area contributed by atoms with Gasteiger partial charge in [-0.3, -0.25) is 4.79 Å². The van der Waals surface area contributed by atoms with Crippen molar-refractivity contribution in [2.24, 2.45) is 5.73 Å². The topological polar surface area (TPSA) is 55.1 Å². The molecule has 1 aliphatic rings. The predicted molar refractivity (Wildman–Crippen MR) is 71.5 cm³/mol. The standard InChI is InChI=1S/C12H14ClFN2O.ClH/c13-8-1-7(2-9(14)4-8)3-12(17)16-11-5-10(15)6-11;/h1-2,4,10-11H,3,5-6,15H2,(H,16,17);1H. The fourth-order valence-corrected chi connectivity index (χ4v) is 2.20. The van der Waals surface area contributed by atoms with Crippen LogP contribution in [0.15, 0.2) is 18.2 Å². The van der Waals surface area contributed by atoms with Crippen LogP contribution in [0.4, 0.5) is 4.39 Å². The molecule has 0 heterocycles. The maximum absolute atomic E-state index is 13.0. The van der Waals surface area contributed by atoms with E-state index in [0.29, 0.717) is 10.6 Å². The third kappa shape index (κ3) is 4.12. The molecule has 3 N–H and O–H groups in total. The highest BCUT2D eigenvalue weighted by Crippen LogP contribution is 2.18. The first-order valence-corrected chi connectivity index (χ1v) is 5.90. The van der Waals surface area contributed by atoms with Gasteiger partial charge in [0.1, 0.15) is 5.82 Å². The number of nitrogens with one attached hydrogen (secondary N) is 1. The highest BCUT2D eigenvalue weighted by Gasteiger charge is 2.26. The molecule has 2 rings (SSSR count). The van der Waals surface area contributed by atoms with Gasteiger partial charge in [0, 0.05) is 17.1 Å². The lowest BCUT2D eigenvalue weighted by atomic mass is 9.87. The maximum Gasteiger partial charge on any atom is 0.224 e. The summed E-state index contributed by atoms with van der Waals surface area (Å²) in [5, 5.41) is 3.15. The summed E-state index contributed by atoms with van der Waals surface area (Å²) in [5.41, 5.74) is 6.20. The van der Waals surface area contributed by atoms with Crippen molar-refractivity contribution in [3.8, 4) is 0 Å². The quantitative estimate of drug-likeness (QED) is 0.896. The zero-order valence-electron chi connectivity index (χ0n) is 9.66. The molecule has 100 valence electrons. The molecule has 0 aromatic heterocycles. The molecule has 0 unspecified atom stereocenters. The third-order valence-electron chi connectivity index (χ3n) is 2.83. The van der Waals surface area contributed by atoms with Crippen molar-refractivity contribution in [1.82, 2.24) is 5.32 Å². The number of carbonyl (C=O) groups is 1. The van der Waals surface area contributed by atoms with Gasteiger partial charge < -0.3 is 11.1 Å². The summed E-state index contributed by atoms with van der Waals surface area (Å²) in [6, 6.07) is 4.49. The Morgan fingerprint density at radius 2 is 2.11 bits per heavy atom. The van der Waals surface area contributed by atoms with Gasteiger partial charge in [-0.25, -0.2) is 4.39 Å². The highest BCUT2D eigenvalue weighted by atomic mass is 35.5. The summed E-state index contributed by atoms with van der Waals surface area (Å²) in [5.74, 6) is -0.547. The van der Waals surface area contributed by atoms with Crippen molar-refractivity contribution < 1.29 is 9.18 Å². The van der Waals surface area contributed by atoms with E-state index in [-0.39, 0.29) is 36.8 Å². The van der Waals surface area contributed by atoms with Crippen LogP contribution in [0.5, 0.6) is 0 Å². The number of carbonyl (C=O) groups excluding carboxylic acids is 1. The summed E-state index contributed by atoms with van der Waals surface area (Å²) in [4.78, 5) is 11.6. The summed E-state index contributed by atoms with van der Waals surface area (Å²) in [6.45, 7) is 0. The molecular weight excluding hydrogens is 278 g/mol. The second-order valence-electron chi connectivity index (χ2n) is 4.45. The number of nitrogens with two attached hydrogens (primary N) is 1. The molecule has 1 aliphatic carbocycles. The molecule has 6 heteroatoms. The first-order chi connectivity index (χ1) is 8.02. The average molecular weight is 293 g/mol. The van der Waals surface area contributed by atoms with Crippen LogP contribution >= 0.6 is 24.0 Å². The molecule has 0 spiro atoms. The zero-order chi connectivity index (χ0) is 12.4. The Bertz CT molecular complexity index is 416. The molecule has 1 aromatic rings. The Morgan fingerprint density at radius 1 is 1.44 bits per heavy atom. The lowest BCUT2D eigenvalue weighted by molar-refractivity contribution is -0.121. The van der Waals surface area contributed by atoms with Gasteiger partial charge in [-0.2, -0.15) is 0 Å². The average Bonchev–Trinajstić information content (AvgIpc) is 2.13. The van der Waals surface area contributed by atoms with Crippen LogP contribution in [0.2, 0.25) is 5.02 Å². The molecular formula is C12H15Cl2FN2O. The first-order valence-electron chi connectivity index (χ1n) is 5.53. The Hall–Kier alpha value is -0.840. The van der Waals surface area contributed by atoms with Gasteiger partial charge in [-0.15, -0.1) is 12.4 Å². The van der Waals surface area contributed by atoms with Gasteiger partial charge >= 0.3 is 0 Å². The van der Waals surface area contributed by atoms with Crippen LogP contribution in [0, 0.1) is 5.82 Å². The molecule has 1 aromatic carbocycles. The Kier molecular flexibility index (Phi) is 5.38. The van der Waals surface area contributed by atoms with E-state index in [0.717, 1.165) is 12.8 Å². The van der Waals surface area contributed by atoms with E-state index in [1.54, 1.807) is 6.07 Å². The van der Waals surface area contributed by atoms with Gasteiger partial charge in [0.15, 0.2) is 0 Å². The lowest BCUT2D eigenvalue weighted by Crippen LogP contribution is -2.50. The molecule has 0 aliphatic heterocycles. The van der Waals surface area contributed by atoms with Crippen LogP contribution in [-0.4, -0.2) is 18.0 Å². The Morgan fingerprint density at radius 3 is 2.67 bits per heavy atom. The predicted octanol–water partition coefficient (Wildman–Crippen LogP) is 2.05. The summed E-state index contributed by atoms with van der Waals surface area (Å²) in [6.07, 6.45) is 1.77. The van der Waals surface area contributed by atoms with E-state index >= 15 is 0 Å². The van der Waals surface area contributed by atoms with Crippen LogP contribution in [0.1, 0.15) is 18.4 Å². The molecule has 18 heavy (non-hydrogen) atoms. The Labute approximate surface area is 116 Å². The van der Waals surface area contributed by atoms with Gasteiger partial charge in [-0.05, 0) is 36.6 Å². The monoisotopic (exact) mass is 292 g/mol. The SMILES string of the molecule is Cl.NC1CC(NC(=O)Cc2cc(F)cc(Cl)c2)C1. The van der Waals surface area contributed by atoms with Crippen LogP contribution in [0.25, 0.3) is 0 Å². The number of amides is 1. The minimum atomic E-state index is -0.425. The zero-order valence-corrected chi connectivity index (χ0v) is 11.2. The van der Waals surface area contributed by atoms with Gasteiger partial charge in [0.05, 0.1) is 6.42 Å². The number of hydrogen-bond donors (Lipinski definition) is 2.